The second kappa shape index (κ2) is 10.3. The van der Waals surface area contributed by atoms with Crippen molar-refractivity contribution >= 4 is 23.5 Å². The van der Waals surface area contributed by atoms with Gasteiger partial charge < -0.3 is 21.5 Å². The Morgan fingerprint density at radius 3 is 2.65 bits per heavy atom. The smallest absolute Gasteiger partial charge is 0.253 e. The quantitative estimate of drug-likeness (QED) is 0.492. The molecule has 2 aromatic carbocycles. The van der Waals surface area contributed by atoms with E-state index in [0.717, 1.165) is 47.3 Å². The number of hydrogen-bond donors (Lipinski definition) is 3. The van der Waals surface area contributed by atoms with Crippen molar-refractivity contribution in [2.45, 2.75) is 39.2 Å². The maximum atomic E-state index is 12.9. The van der Waals surface area contributed by atoms with Crippen molar-refractivity contribution in [3.63, 3.8) is 0 Å². The third-order valence-electron chi connectivity index (χ3n) is 5.88. The molecule has 6 nitrogen and oxygen atoms in total. The summed E-state index contributed by atoms with van der Waals surface area (Å²) >= 11 is 0. The second-order valence-electron chi connectivity index (χ2n) is 8.04. The molecule has 1 aliphatic rings. The summed E-state index contributed by atoms with van der Waals surface area (Å²) in [7, 11) is 1.71. The predicted molar refractivity (Wildman–Crippen MR) is 127 cm³/mol. The molecule has 0 spiro atoms. The van der Waals surface area contributed by atoms with E-state index in [0.29, 0.717) is 30.0 Å². The van der Waals surface area contributed by atoms with Crippen LogP contribution in [0.2, 0.25) is 0 Å². The van der Waals surface area contributed by atoms with Crippen LogP contribution in [-0.2, 0) is 11.2 Å². The highest BCUT2D eigenvalue weighted by molar-refractivity contribution is 6.00. The fraction of sp³-hybridized carbons (Fsp3) is 0.360. The Bertz CT molecular complexity index is 988. The Labute approximate surface area is 184 Å². The molecule has 0 bridgehead atoms. The van der Waals surface area contributed by atoms with Crippen molar-refractivity contribution in [3.05, 3.63) is 69.8 Å². The summed E-state index contributed by atoms with van der Waals surface area (Å²) < 4.78 is 5.48. The molecule has 2 aromatic rings. The number of ether oxygens (including phenoxy) is 1. The van der Waals surface area contributed by atoms with Crippen LogP contribution in [-0.4, -0.2) is 38.4 Å². The summed E-state index contributed by atoms with van der Waals surface area (Å²) in [5.74, 6) is -0.136. The second-order valence-corrected chi connectivity index (χ2v) is 8.04. The molecule has 1 fully saturated rings. The van der Waals surface area contributed by atoms with Crippen LogP contribution in [0.3, 0.4) is 0 Å². The number of hydrogen-bond acceptors (Lipinski definition) is 5. The van der Waals surface area contributed by atoms with E-state index in [4.69, 9.17) is 16.2 Å². The van der Waals surface area contributed by atoms with E-state index in [-0.39, 0.29) is 11.9 Å². The number of aliphatic imine (C=N–C) groups is 1. The number of nitrogens with zero attached hydrogens (tertiary/aromatic N) is 1. The first kappa shape index (κ1) is 22.6. The van der Waals surface area contributed by atoms with Crippen molar-refractivity contribution in [2.75, 3.05) is 26.0 Å². The van der Waals surface area contributed by atoms with Crippen LogP contribution in [0.1, 0.15) is 51.0 Å². The summed E-state index contributed by atoms with van der Waals surface area (Å²) in [5, 5.41) is 3.08. The number of allylic oxidation sites excluding steroid dienone is 1. The van der Waals surface area contributed by atoms with Crippen LogP contribution in [0.5, 0.6) is 0 Å². The largest absolute Gasteiger partial charge is 0.398 e. The normalized spacial score (nSPS) is 17.1. The van der Waals surface area contributed by atoms with Gasteiger partial charge >= 0.3 is 0 Å². The molecule has 1 saturated heterocycles. The fourth-order valence-electron chi connectivity index (χ4n) is 3.78. The SMILES string of the molecule is CN=CC=C(N)c1ccc(Cc2cc(C(=O)NC3CCCOC3)c(N)c(C)c2C)cc1. The molecule has 1 heterocycles. The maximum Gasteiger partial charge on any atom is 0.253 e. The third-order valence-corrected chi connectivity index (χ3v) is 5.88. The summed E-state index contributed by atoms with van der Waals surface area (Å²) in [4.78, 5) is 16.9. The zero-order valence-electron chi connectivity index (χ0n) is 18.6. The van der Waals surface area contributed by atoms with E-state index in [2.05, 4.69) is 29.4 Å². The molecule has 1 aliphatic heterocycles. The number of nitrogens with two attached hydrogens (primary N) is 2. The van der Waals surface area contributed by atoms with Crippen molar-refractivity contribution in [1.82, 2.24) is 5.32 Å². The van der Waals surface area contributed by atoms with E-state index in [1.54, 1.807) is 19.3 Å². The van der Waals surface area contributed by atoms with E-state index in [1.807, 2.05) is 25.1 Å². The number of nitrogens with one attached hydrogen (secondary N) is 1. The van der Waals surface area contributed by atoms with Crippen LogP contribution < -0.4 is 16.8 Å². The first-order chi connectivity index (χ1) is 14.9. The number of rotatable bonds is 6. The minimum Gasteiger partial charge on any atom is -0.398 e. The topological polar surface area (TPSA) is 103 Å². The van der Waals surface area contributed by atoms with E-state index >= 15 is 0 Å². The van der Waals surface area contributed by atoms with Crippen molar-refractivity contribution < 1.29 is 9.53 Å². The zero-order chi connectivity index (χ0) is 22.4. The Hall–Kier alpha value is -3.12. The molecular formula is C25H32N4O2. The monoisotopic (exact) mass is 420 g/mol. The average Bonchev–Trinajstić information content (AvgIpc) is 2.78. The zero-order valence-corrected chi connectivity index (χ0v) is 18.6. The lowest BCUT2D eigenvalue weighted by atomic mass is 9.92. The van der Waals surface area contributed by atoms with Crippen LogP contribution in [0.15, 0.2) is 41.4 Å². The van der Waals surface area contributed by atoms with Gasteiger partial charge in [0.05, 0.1) is 18.2 Å². The number of carbonyl (C=O) groups is 1. The Morgan fingerprint density at radius 2 is 2.00 bits per heavy atom. The molecule has 6 heteroatoms. The van der Waals surface area contributed by atoms with Gasteiger partial charge in [-0.15, -0.1) is 0 Å². The van der Waals surface area contributed by atoms with Crippen molar-refractivity contribution in [1.29, 1.82) is 0 Å². The minimum absolute atomic E-state index is 0.0366. The Morgan fingerprint density at radius 1 is 1.26 bits per heavy atom. The maximum absolute atomic E-state index is 12.9. The Balaban J connectivity index is 1.82. The fourth-order valence-corrected chi connectivity index (χ4v) is 3.78. The molecule has 0 aromatic heterocycles. The van der Waals surface area contributed by atoms with E-state index in [1.165, 1.54) is 0 Å². The average molecular weight is 421 g/mol. The lowest BCUT2D eigenvalue weighted by Crippen LogP contribution is -2.41. The summed E-state index contributed by atoms with van der Waals surface area (Å²) in [6.45, 7) is 5.33. The molecule has 164 valence electrons. The van der Waals surface area contributed by atoms with Gasteiger partial charge in [0.1, 0.15) is 0 Å². The first-order valence-electron chi connectivity index (χ1n) is 10.6. The molecule has 5 N–H and O–H groups in total. The highest BCUT2D eigenvalue weighted by atomic mass is 16.5. The van der Waals surface area contributed by atoms with Crippen LogP contribution in [0.25, 0.3) is 5.70 Å². The van der Waals surface area contributed by atoms with Gasteiger partial charge in [-0.25, -0.2) is 0 Å². The number of amides is 1. The van der Waals surface area contributed by atoms with Gasteiger partial charge in [0.25, 0.3) is 5.91 Å². The summed E-state index contributed by atoms with van der Waals surface area (Å²) in [5.41, 5.74) is 19.4. The van der Waals surface area contributed by atoms with E-state index in [9.17, 15) is 4.79 Å². The lowest BCUT2D eigenvalue weighted by molar-refractivity contribution is 0.0624. The van der Waals surface area contributed by atoms with Gasteiger partial charge in [-0.05, 0) is 73.1 Å². The van der Waals surface area contributed by atoms with Gasteiger partial charge in [-0.2, -0.15) is 0 Å². The summed E-state index contributed by atoms with van der Waals surface area (Å²) in [6.07, 6.45) is 6.05. The molecule has 1 unspecified atom stereocenters. The van der Waals surface area contributed by atoms with Crippen LogP contribution in [0.4, 0.5) is 5.69 Å². The molecule has 1 amide bonds. The van der Waals surface area contributed by atoms with Gasteiger partial charge in [0, 0.05) is 31.3 Å². The van der Waals surface area contributed by atoms with Gasteiger partial charge in [-0.1, -0.05) is 24.3 Å². The molecule has 3 rings (SSSR count). The molecule has 0 saturated carbocycles. The highest BCUT2D eigenvalue weighted by Gasteiger charge is 2.21. The number of nitrogen functional groups attached to an aromatic ring is 1. The molecular weight excluding hydrogens is 388 g/mol. The molecule has 0 aliphatic carbocycles. The van der Waals surface area contributed by atoms with Gasteiger partial charge in [0.15, 0.2) is 0 Å². The molecule has 1 atom stereocenters. The number of benzene rings is 2. The van der Waals surface area contributed by atoms with Gasteiger partial charge in [0.2, 0.25) is 0 Å². The number of anilines is 1. The van der Waals surface area contributed by atoms with Crippen molar-refractivity contribution in [3.8, 4) is 0 Å². The van der Waals surface area contributed by atoms with Crippen LogP contribution in [0, 0.1) is 13.8 Å². The highest BCUT2D eigenvalue weighted by Crippen LogP contribution is 2.27. The lowest BCUT2D eigenvalue weighted by Gasteiger charge is -2.24. The minimum atomic E-state index is -0.136. The molecule has 31 heavy (non-hydrogen) atoms. The first-order valence-corrected chi connectivity index (χ1v) is 10.6. The van der Waals surface area contributed by atoms with E-state index < -0.39 is 0 Å². The van der Waals surface area contributed by atoms with Crippen molar-refractivity contribution in [2.24, 2.45) is 10.7 Å². The van der Waals surface area contributed by atoms with Crippen LogP contribution >= 0.6 is 0 Å². The third kappa shape index (κ3) is 5.52. The standard InChI is InChI=1S/C25H32N4O2/c1-16-17(2)24(27)22(25(30)29-21-5-4-12-31-15-21)14-20(16)13-18-6-8-19(9-7-18)23(26)10-11-28-3/h6-11,14,21H,4-5,12-13,15,26-27H2,1-3H3,(H,29,30). The number of carbonyl (C=O) groups excluding carboxylic acids is 1. The molecule has 0 radical (unpaired) electrons. The summed E-state index contributed by atoms with van der Waals surface area (Å²) in [6, 6.07) is 10.1. The predicted octanol–water partition coefficient (Wildman–Crippen LogP) is 3.39. The Kier molecular flexibility index (Phi) is 7.47. The van der Waals surface area contributed by atoms with Gasteiger partial charge in [-0.3, -0.25) is 9.79 Å².